The molecule has 4 nitrogen and oxygen atoms in total. The highest BCUT2D eigenvalue weighted by Crippen LogP contribution is 2.48. The number of hydrogen-bond donors (Lipinski definition) is 0. The van der Waals surface area contributed by atoms with Gasteiger partial charge in [0.2, 0.25) is 5.91 Å². The van der Waals surface area contributed by atoms with E-state index in [4.69, 9.17) is 27.9 Å². The third kappa shape index (κ3) is 3.87. The molecule has 2 aliphatic rings. The quantitative estimate of drug-likeness (QED) is 0.754. The van der Waals surface area contributed by atoms with Crippen molar-refractivity contribution in [3.63, 3.8) is 0 Å². The number of anilines is 1. The monoisotopic (exact) mass is 404 g/mol. The number of benzene rings is 2. The summed E-state index contributed by atoms with van der Waals surface area (Å²) in [5.74, 6) is 1.58. The van der Waals surface area contributed by atoms with Crippen LogP contribution in [0.3, 0.4) is 0 Å². The van der Waals surface area contributed by atoms with Crippen LogP contribution < -0.4 is 9.64 Å². The number of carbonyl (C=O) groups excluding carboxylic acids is 1. The molecule has 1 heterocycles. The molecule has 0 aromatic heterocycles. The Hall–Kier alpha value is -1.91. The molecule has 2 atom stereocenters. The van der Waals surface area contributed by atoms with Gasteiger partial charge in [0.25, 0.3) is 0 Å². The smallest absolute Gasteiger partial charge is 0.226 e. The van der Waals surface area contributed by atoms with Gasteiger partial charge in [-0.05, 0) is 48.2 Å². The topological polar surface area (TPSA) is 32.8 Å². The zero-order valence-electron chi connectivity index (χ0n) is 15.2. The van der Waals surface area contributed by atoms with Crippen molar-refractivity contribution in [1.29, 1.82) is 0 Å². The second-order valence-electron chi connectivity index (χ2n) is 7.13. The summed E-state index contributed by atoms with van der Waals surface area (Å²) in [6.45, 7) is 3.02. The number of hydrogen-bond acceptors (Lipinski definition) is 3. The zero-order chi connectivity index (χ0) is 19.0. The molecular weight excluding hydrogens is 383 g/mol. The molecule has 27 heavy (non-hydrogen) atoms. The molecule has 0 N–H and O–H groups in total. The molecule has 0 spiro atoms. The number of methoxy groups -OCH3 is 1. The standard InChI is InChI=1S/C21H22Cl2N2O2/c1-27-16-5-2-14(3-6-16)17-13-18(17)21(26)25-10-8-24(9-11-25)20-7-4-15(22)12-19(20)23/h2-7,12,17-18H,8-11,13H2,1H3/t17-,18+/m1/s1. The summed E-state index contributed by atoms with van der Waals surface area (Å²) in [7, 11) is 1.66. The second-order valence-corrected chi connectivity index (χ2v) is 7.97. The van der Waals surface area contributed by atoms with Gasteiger partial charge in [0.1, 0.15) is 5.75 Å². The maximum Gasteiger partial charge on any atom is 0.226 e. The van der Waals surface area contributed by atoms with E-state index in [0.717, 1.165) is 44.0 Å². The number of halogens is 2. The molecule has 0 unspecified atom stereocenters. The fourth-order valence-corrected chi connectivity index (χ4v) is 4.36. The summed E-state index contributed by atoms with van der Waals surface area (Å²) in [6, 6.07) is 13.6. The molecule has 142 valence electrons. The van der Waals surface area contributed by atoms with Gasteiger partial charge in [0.15, 0.2) is 0 Å². The van der Waals surface area contributed by atoms with Crippen molar-refractivity contribution in [3.05, 3.63) is 58.1 Å². The molecule has 6 heteroatoms. The van der Waals surface area contributed by atoms with E-state index in [2.05, 4.69) is 17.0 Å². The van der Waals surface area contributed by atoms with Gasteiger partial charge >= 0.3 is 0 Å². The fraction of sp³-hybridized carbons (Fsp3) is 0.381. The molecule has 0 radical (unpaired) electrons. The summed E-state index contributed by atoms with van der Waals surface area (Å²) in [5, 5.41) is 1.29. The van der Waals surface area contributed by atoms with Crippen LogP contribution in [0.15, 0.2) is 42.5 Å². The Balaban J connectivity index is 1.34. The van der Waals surface area contributed by atoms with Crippen LogP contribution in [-0.2, 0) is 4.79 Å². The first kappa shape index (κ1) is 18.5. The van der Waals surface area contributed by atoms with Crippen molar-refractivity contribution in [2.75, 3.05) is 38.2 Å². The van der Waals surface area contributed by atoms with Crippen LogP contribution in [0.5, 0.6) is 5.75 Å². The summed E-state index contributed by atoms with van der Waals surface area (Å²) in [5.41, 5.74) is 2.21. The molecule has 0 bridgehead atoms. The molecule has 2 aromatic carbocycles. The average Bonchev–Trinajstić information content (AvgIpc) is 3.49. The van der Waals surface area contributed by atoms with Crippen molar-refractivity contribution >= 4 is 34.8 Å². The van der Waals surface area contributed by atoms with Crippen molar-refractivity contribution in [2.24, 2.45) is 5.92 Å². The summed E-state index contributed by atoms with van der Waals surface area (Å²) < 4.78 is 5.20. The number of piperazine rings is 1. The van der Waals surface area contributed by atoms with Gasteiger partial charge in [-0.2, -0.15) is 0 Å². The maximum absolute atomic E-state index is 12.9. The van der Waals surface area contributed by atoms with Gasteiger partial charge in [-0.1, -0.05) is 35.3 Å². The van der Waals surface area contributed by atoms with Gasteiger partial charge in [-0.3, -0.25) is 4.79 Å². The summed E-state index contributed by atoms with van der Waals surface area (Å²) in [6.07, 6.45) is 0.939. The van der Waals surface area contributed by atoms with Crippen LogP contribution >= 0.6 is 23.2 Å². The average molecular weight is 405 g/mol. The Kier molecular flexibility index (Phi) is 5.20. The van der Waals surface area contributed by atoms with E-state index in [0.29, 0.717) is 16.0 Å². The highest BCUT2D eigenvalue weighted by Gasteiger charge is 2.46. The molecule has 2 fully saturated rings. The Morgan fingerprint density at radius 3 is 2.37 bits per heavy atom. The lowest BCUT2D eigenvalue weighted by Crippen LogP contribution is -2.49. The van der Waals surface area contributed by atoms with Crippen LogP contribution in [-0.4, -0.2) is 44.1 Å². The third-order valence-electron chi connectivity index (χ3n) is 5.49. The SMILES string of the molecule is COc1ccc([C@H]2C[C@@H]2C(=O)N2CCN(c3ccc(Cl)cc3Cl)CC2)cc1. The van der Waals surface area contributed by atoms with Crippen molar-refractivity contribution in [2.45, 2.75) is 12.3 Å². The summed E-state index contributed by atoms with van der Waals surface area (Å²) >= 11 is 12.3. The van der Waals surface area contributed by atoms with E-state index in [9.17, 15) is 4.79 Å². The first-order valence-electron chi connectivity index (χ1n) is 9.19. The zero-order valence-corrected chi connectivity index (χ0v) is 16.7. The van der Waals surface area contributed by atoms with E-state index >= 15 is 0 Å². The first-order valence-corrected chi connectivity index (χ1v) is 9.95. The predicted molar refractivity (Wildman–Crippen MR) is 109 cm³/mol. The van der Waals surface area contributed by atoms with Gasteiger partial charge < -0.3 is 14.5 Å². The minimum atomic E-state index is 0.115. The lowest BCUT2D eigenvalue weighted by Gasteiger charge is -2.36. The normalized spacial score (nSPS) is 21.9. The Morgan fingerprint density at radius 1 is 1.04 bits per heavy atom. The fourth-order valence-electron chi connectivity index (χ4n) is 3.83. The molecule has 1 saturated heterocycles. The molecule has 2 aromatic rings. The summed E-state index contributed by atoms with van der Waals surface area (Å²) in [4.78, 5) is 17.1. The second kappa shape index (κ2) is 7.61. The van der Waals surface area contributed by atoms with Crippen LogP contribution in [0.4, 0.5) is 5.69 Å². The highest BCUT2D eigenvalue weighted by molar-refractivity contribution is 6.36. The molecule has 4 rings (SSSR count). The van der Waals surface area contributed by atoms with E-state index in [1.807, 2.05) is 29.2 Å². The Labute approximate surface area is 169 Å². The van der Waals surface area contributed by atoms with Gasteiger partial charge in [-0.15, -0.1) is 0 Å². The van der Waals surface area contributed by atoms with Gasteiger partial charge in [0.05, 0.1) is 17.8 Å². The maximum atomic E-state index is 12.9. The van der Waals surface area contributed by atoms with E-state index < -0.39 is 0 Å². The first-order chi connectivity index (χ1) is 13.1. The van der Waals surface area contributed by atoms with Crippen molar-refractivity contribution in [1.82, 2.24) is 4.90 Å². The Morgan fingerprint density at radius 2 is 1.74 bits per heavy atom. The molecule has 1 saturated carbocycles. The largest absolute Gasteiger partial charge is 0.497 e. The molecule has 1 aliphatic carbocycles. The molecule has 1 aliphatic heterocycles. The molecule has 1 amide bonds. The van der Waals surface area contributed by atoms with E-state index in [1.165, 1.54) is 5.56 Å². The lowest BCUT2D eigenvalue weighted by atomic mass is 10.1. The Bertz CT molecular complexity index is 833. The van der Waals surface area contributed by atoms with Crippen LogP contribution in [0, 0.1) is 5.92 Å². The predicted octanol–water partition coefficient (Wildman–Crippen LogP) is 4.45. The lowest BCUT2D eigenvalue weighted by molar-refractivity contribution is -0.132. The van der Waals surface area contributed by atoms with Crippen LogP contribution in [0.1, 0.15) is 17.9 Å². The number of amides is 1. The third-order valence-corrected chi connectivity index (χ3v) is 6.03. The number of rotatable bonds is 4. The van der Waals surface area contributed by atoms with E-state index in [1.54, 1.807) is 13.2 Å². The molecular formula is C21H22Cl2N2O2. The van der Waals surface area contributed by atoms with E-state index in [-0.39, 0.29) is 11.8 Å². The highest BCUT2D eigenvalue weighted by atomic mass is 35.5. The number of nitrogens with zero attached hydrogens (tertiary/aromatic N) is 2. The van der Waals surface area contributed by atoms with Gasteiger partial charge in [0, 0.05) is 37.1 Å². The number of ether oxygens (including phenoxy) is 1. The van der Waals surface area contributed by atoms with Gasteiger partial charge in [-0.25, -0.2) is 0 Å². The van der Waals surface area contributed by atoms with Crippen molar-refractivity contribution in [3.8, 4) is 5.75 Å². The van der Waals surface area contributed by atoms with Crippen molar-refractivity contribution < 1.29 is 9.53 Å². The minimum absolute atomic E-state index is 0.115. The van der Waals surface area contributed by atoms with Crippen LogP contribution in [0.25, 0.3) is 0 Å². The number of carbonyl (C=O) groups is 1. The van der Waals surface area contributed by atoms with Crippen LogP contribution in [0.2, 0.25) is 10.0 Å². The minimum Gasteiger partial charge on any atom is -0.497 e.